The number of amides is 1. The van der Waals surface area contributed by atoms with E-state index >= 15 is 0 Å². The molecule has 24 heavy (non-hydrogen) atoms. The summed E-state index contributed by atoms with van der Waals surface area (Å²) in [6.07, 6.45) is 4.41. The summed E-state index contributed by atoms with van der Waals surface area (Å²) in [6.45, 7) is 6.04. The van der Waals surface area contributed by atoms with E-state index in [-0.39, 0.29) is 37.0 Å². The SMILES string of the molecule is CC(=O)C1CCN(C2CCN(C(=O)CCOCCO)CC2)CC1.[V]. The van der Waals surface area contributed by atoms with Gasteiger partial charge in [0.2, 0.25) is 5.91 Å². The molecule has 0 bridgehead atoms. The zero-order valence-corrected chi connectivity index (χ0v) is 16.1. The zero-order chi connectivity index (χ0) is 16.7. The van der Waals surface area contributed by atoms with Crippen LogP contribution in [0.25, 0.3) is 0 Å². The van der Waals surface area contributed by atoms with Crippen molar-refractivity contribution in [3.63, 3.8) is 0 Å². The maximum Gasteiger partial charge on any atom is 0.224 e. The summed E-state index contributed by atoms with van der Waals surface area (Å²) in [5.74, 6) is 0.733. The second-order valence-corrected chi connectivity index (χ2v) is 6.62. The molecule has 6 nitrogen and oxygen atoms in total. The Hall–Kier alpha value is -0.396. The molecule has 1 radical (unpaired) electrons. The average Bonchev–Trinajstić information content (AvgIpc) is 2.59. The first kappa shape index (κ1) is 21.6. The van der Waals surface area contributed by atoms with Gasteiger partial charge in [-0.2, -0.15) is 0 Å². The van der Waals surface area contributed by atoms with Gasteiger partial charge >= 0.3 is 0 Å². The van der Waals surface area contributed by atoms with Crippen LogP contribution in [0.4, 0.5) is 0 Å². The number of Topliss-reactive ketones (excluding diaryl/α,β-unsaturated/α-hetero) is 1. The third kappa shape index (κ3) is 6.49. The van der Waals surface area contributed by atoms with Crippen molar-refractivity contribution in [2.45, 2.75) is 45.1 Å². The van der Waals surface area contributed by atoms with Gasteiger partial charge in [-0.1, -0.05) is 0 Å². The number of piperidine rings is 2. The summed E-state index contributed by atoms with van der Waals surface area (Å²) in [4.78, 5) is 28.0. The Bertz CT molecular complexity index is 392. The van der Waals surface area contributed by atoms with E-state index in [0.29, 0.717) is 31.5 Å². The molecular weight excluding hydrogens is 347 g/mol. The number of hydrogen-bond donors (Lipinski definition) is 1. The van der Waals surface area contributed by atoms with Gasteiger partial charge in [-0.05, 0) is 45.7 Å². The Balaban J connectivity index is 0.00000288. The molecule has 1 amide bonds. The molecule has 137 valence electrons. The van der Waals surface area contributed by atoms with Gasteiger partial charge in [0.25, 0.3) is 0 Å². The summed E-state index contributed by atoms with van der Waals surface area (Å²) in [5, 5.41) is 8.64. The molecular formula is C17H30N2O4V. The van der Waals surface area contributed by atoms with Crippen LogP contribution in [0.15, 0.2) is 0 Å². The fraction of sp³-hybridized carbons (Fsp3) is 0.882. The van der Waals surface area contributed by atoms with Crippen molar-refractivity contribution in [3.05, 3.63) is 0 Å². The molecule has 2 heterocycles. The number of carbonyl (C=O) groups is 2. The minimum Gasteiger partial charge on any atom is -0.394 e. The minimum absolute atomic E-state index is 0. The molecule has 0 spiro atoms. The van der Waals surface area contributed by atoms with Crippen LogP contribution in [-0.4, -0.2) is 78.6 Å². The van der Waals surface area contributed by atoms with Gasteiger partial charge in [0.15, 0.2) is 0 Å². The van der Waals surface area contributed by atoms with Crippen molar-refractivity contribution in [1.82, 2.24) is 9.80 Å². The van der Waals surface area contributed by atoms with E-state index in [1.165, 1.54) is 0 Å². The number of ether oxygens (including phenoxy) is 1. The number of carbonyl (C=O) groups excluding carboxylic acids is 2. The molecule has 2 fully saturated rings. The van der Waals surface area contributed by atoms with Gasteiger partial charge in [0, 0.05) is 43.6 Å². The second-order valence-electron chi connectivity index (χ2n) is 6.62. The summed E-state index contributed by atoms with van der Waals surface area (Å²) in [5.41, 5.74) is 0. The number of nitrogens with zero attached hydrogens (tertiary/aromatic N) is 2. The number of aliphatic hydroxyl groups excluding tert-OH is 1. The first-order valence-corrected chi connectivity index (χ1v) is 8.82. The molecule has 0 atom stereocenters. The second kappa shape index (κ2) is 11.3. The maximum absolute atomic E-state index is 12.1. The normalized spacial score (nSPS) is 20.7. The third-order valence-corrected chi connectivity index (χ3v) is 5.13. The van der Waals surface area contributed by atoms with Gasteiger partial charge in [-0.3, -0.25) is 9.59 Å². The van der Waals surface area contributed by atoms with Crippen molar-refractivity contribution in [1.29, 1.82) is 0 Å². The van der Waals surface area contributed by atoms with E-state index in [1.54, 1.807) is 6.92 Å². The number of hydrogen-bond acceptors (Lipinski definition) is 5. The first-order valence-electron chi connectivity index (χ1n) is 8.82. The van der Waals surface area contributed by atoms with Crippen LogP contribution in [0.3, 0.4) is 0 Å². The maximum atomic E-state index is 12.1. The quantitative estimate of drug-likeness (QED) is 0.661. The molecule has 0 saturated carbocycles. The fourth-order valence-corrected chi connectivity index (χ4v) is 3.64. The summed E-state index contributed by atoms with van der Waals surface area (Å²) in [6, 6.07) is 0.553. The van der Waals surface area contributed by atoms with Gasteiger partial charge in [0.05, 0.1) is 26.2 Å². The van der Waals surface area contributed by atoms with Gasteiger partial charge < -0.3 is 19.6 Å². The molecule has 2 aliphatic rings. The molecule has 0 aromatic rings. The summed E-state index contributed by atoms with van der Waals surface area (Å²) >= 11 is 0. The molecule has 2 rings (SSSR count). The van der Waals surface area contributed by atoms with Crippen LogP contribution in [0.5, 0.6) is 0 Å². The van der Waals surface area contributed by atoms with E-state index in [9.17, 15) is 9.59 Å². The molecule has 0 aliphatic carbocycles. The average molecular weight is 377 g/mol. The van der Waals surface area contributed by atoms with E-state index in [1.807, 2.05) is 4.90 Å². The monoisotopic (exact) mass is 377 g/mol. The Morgan fingerprint density at radius 3 is 2.21 bits per heavy atom. The Kier molecular flexibility index (Phi) is 10.2. The minimum atomic E-state index is -0.0000943. The van der Waals surface area contributed by atoms with Crippen LogP contribution in [0.2, 0.25) is 0 Å². The van der Waals surface area contributed by atoms with E-state index in [0.717, 1.165) is 51.9 Å². The number of ketones is 1. The van der Waals surface area contributed by atoms with E-state index in [2.05, 4.69) is 4.90 Å². The smallest absolute Gasteiger partial charge is 0.224 e. The molecule has 0 aromatic carbocycles. The van der Waals surface area contributed by atoms with Gasteiger partial charge in [-0.15, -0.1) is 0 Å². The number of aliphatic hydroxyl groups is 1. The fourth-order valence-electron chi connectivity index (χ4n) is 3.64. The Morgan fingerprint density at radius 1 is 1.04 bits per heavy atom. The van der Waals surface area contributed by atoms with E-state index < -0.39 is 0 Å². The van der Waals surface area contributed by atoms with Crippen LogP contribution in [0, 0.1) is 5.92 Å². The van der Waals surface area contributed by atoms with Crippen molar-refractivity contribution < 1.29 is 38.0 Å². The van der Waals surface area contributed by atoms with Crippen molar-refractivity contribution >= 4 is 11.7 Å². The standard InChI is InChI=1S/C17H30N2O4.V/c1-14(21)15-2-7-18(8-3-15)16-4-9-19(10-5-16)17(22)6-12-23-13-11-20;/h15-16,20H,2-13H2,1H3;. The third-order valence-electron chi connectivity index (χ3n) is 5.13. The Morgan fingerprint density at radius 2 is 1.67 bits per heavy atom. The summed E-state index contributed by atoms with van der Waals surface area (Å²) < 4.78 is 5.16. The molecule has 1 N–H and O–H groups in total. The van der Waals surface area contributed by atoms with Crippen LogP contribution < -0.4 is 0 Å². The molecule has 2 aliphatic heterocycles. The number of rotatable bonds is 7. The van der Waals surface area contributed by atoms with Gasteiger partial charge in [-0.25, -0.2) is 0 Å². The molecule has 7 heteroatoms. The van der Waals surface area contributed by atoms with Crippen molar-refractivity contribution in [3.8, 4) is 0 Å². The predicted molar refractivity (Wildman–Crippen MR) is 87.1 cm³/mol. The molecule has 0 aromatic heterocycles. The van der Waals surface area contributed by atoms with Crippen LogP contribution in [-0.2, 0) is 32.9 Å². The van der Waals surface area contributed by atoms with Crippen molar-refractivity contribution in [2.75, 3.05) is 46.0 Å². The van der Waals surface area contributed by atoms with Gasteiger partial charge in [0.1, 0.15) is 5.78 Å². The molecule has 2 saturated heterocycles. The predicted octanol–water partition coefficient (Wildman–Crippen LogP) is 0.675. The topological polar surface area (TPSA) is 70.1 Å². The summed E-state index contributed by atoms with van der Waals surface area (Å²) in [7, 11) is 0. The number of likely N-dealkylation sites (tertiary alicyclic amines) is 2. The first-order chi connectivity index (χ1) is 11.1. The Labute approximate surface area is 156 Å². The van der Waals surface area contributed by atoms with Crippen molar-refractivity contribution in [2.24, 2.45) is 5.92 Å². The van der Waals surface area contributed by atoms with Crippen LogP contribution >= 0.6 is 0 Å². The largest absolute Gasteiger partial charge is 0.394 e. The van der Waals surface area contributed by atoms with E-state index in [4.69, 9.17) is 9.84 Å². The van der Waals surface area contributed by atoms with Crippen LogP contribution in [0.1, 0.15) is 39.0 Å². The zero-order valence-electron chi connectivity index (χ0n) is 14.7. The molecule has 0 unspecified atom stereocenters.